The Kier molecular flexibility index (Phi) is 20.1. The molecule has 32 nitrogen and oxygen atoms in total. The third-order valence-corrected chi connectivity index (χ3v) is 13.3. The van der Waals surface area contributed by atoms with Crippen molar-refractivity contribution in [2.45, 2.75) is 190 Å². The Morgan fingerprint density at radius 3 is 0.761 bits per heavy atom. The SMILES string of the molecule is OC[C@H]1O[C@@H](O[C@@H]2[C@@H](O)[C@H](O[C@@H]3[C@@H](O)[C@H](O[C@@H]4[C@@H](O)[C@H](O[C@@H]5[C@@H](O)[C@H](O[C@@H]6[C@@H](O)[C@H](OCC7CO7)O[C@H](CO)[C@H]6O)O[C@H](CO)[C@H]5O)O[C@H](CO)[C@H]4O)O[C@H](CO)[C@H]3O)O[C@H](CO)[C@H]2O)[C@H](O)[C@@H](O)[C@@H]1O. The lowest BCUT2D eigenvalue weighted by atomic mass is 9.95. The first-order chi connectivity index (χ1) is 33.8. The maximum absolute atomic E-state index is 11.6. The van der Waals surface area contributed by atoms with Crippen molar-refractivity contribution in [3.8, 4) is 0 Å². The first-order valence-corrected chi connectivity index (χ1v) is 22.8. The van der Waals surface area contributed by atoms with Gasteiger partial charge in [0.25, 0.3) is 0 Å². The Bertz CT molecular complexity index is 1620. The molecule has 32 heteroatoms. The molecule has 0 bridgehead atoms. The molecule has 71 heavy (non-hydrogen) atoms. The van der Waals surface area contributed by atoms with Gasteiger partial charge in [-0.1, -0.05) is 0 Å². The van der Waals surface area contributed by atoms with E-state index in [9.17, 15) is 97.0 Å². The molecule has 0 aromatic heterocycles. The summed E-state index contributed by atoms with van der Waals surface area (Å²) in [6, 6.07) is 0. The highest BCUT2D eigenvalue weighted by atomic mass is 16.8. The van der Waals surface area contributed by atoms with Gasteiger partial charge in [0.15, 0.2) is 37.7 Å². The lowest BCUT2D eigenvalue weighted by Crippen LogP contribution is -2.68. The maximum Gasteiger partial charge on any atom is 0.187 e. The monoisotopic (exact) mass is 1050 g/mol. The molecular weight excluding hydrogens is 980 g/mol. The fourth-order valence-corrected chi connectivity index (χ4v) is 8.98. The average Bonchev–Trinajstić information content (AvgIpc) is 4.20. The molecule has 0 aromatic rings. The zero-order chi connectivity index (χ0) is 51.7. The van der Waals surface area contributed by atoms with E-state index in [4.69, 9.17) is 61.6 Å². The van der Waals surface area contributed by atoms with Crippen molar-refractivity contribution >= 4 is 0 Å². The Morgan fingerprint density at radius 2 is 0.507 bits per heavy atom. The van der Waals surface area contributed by atoms with Gasteiger partial charge in [-0.3, -0.25) is 0 Å². The third kappa shape index (κ3) is 12.1. The third-order valence-electron chi connectivity index (χ3n) is 13.3. The summed E-state index contributed by atoms with van der Waals surface area (Å²) in [5, 5.41) is 204. The van der Waals surface area contributed by atoms with Crippen LogP contribution in [0.4, 0.5) is 0 Å². The second-order valence-electron chi connectivity index (χ2n) is 18.0. The number of aliphatic hydroxyl groups is 19. The molecular formula is C39H66O32. The minimum atomic E-state index is -2.25. The van der Waals surface area contributed by atoms with Gasteiger partial charge in [0.1, 0.15) is 153 Å². The van der Waals surface area contributed by atoms with Crippen molar-refractivity contribution in [2.75, 3.05) is 52.9 Å². The number of hydrogen-bond donors (Lipinski definition) is 19. The van der Waals surface area contributed by atoms with Gasteiger partial charge in [-0.15, -0.1) is 0 Å². The molecule has 0 radical (unpaired) electrons. The highest BCUT2D eigenvalue weighted by molar-refractivity contribution is 5.00. The van der Waals surface area contributed by atoms with Crippen LogP contribution in [0.5, 0.6) is 0 Å². The van der Waals surface area contributed by atoms with Crippen LogP contribution in [-0.4, -0.2) is 340 Å². The highest BCUT2D eigenvalue weighted by Gasteiger charge is 2.58. The van der Waals surface area contributed by atoms with Crippen LogP contribution < -0.4 is 0 Å². The molecule has 7 rings (SSSR count). The summed E-state index contributed by atoms with van der Waals surface area (Å²) in [4.78, 5) is 0. The van der Waals surface area contributed by atoms with Gasteiger partial charge in [-0.2, -0.15) is 0 Å². The minimum Gasteiger partial charge on any atom is -0.394 e. The van der Waals surface area contributed by atoms with Crippen molar-refractivity contribution in [1.29, 1.82) is 0 Å². The van der Waals surface area contributed by atoms with E-state index in [0.717, 1.165) is 0 Å². The number of ether oxygens (including phenoxy) is 13. The molecule has 0 saturated carbocycles. The van der Waals surface area contributed by atoms with Crippen molar-refractivity contribution in [3.05, 3.63) is 0 Å². The molecule has 0 spiro atoms. The van der Waals surface area contributed by atoms with E-state index < -0.39 is 224 Å². The summed E-state index contributed by atoms with van der Waals surface area (Å²) in [6.45, 7) is -5.36. The number of hydrogen-bond acceptors (Lipinski definition) is 32. The summed E-state index contributed by atoms with van der Waals surface area (Å²) in [7, 11) is 0. The Morgan fingerprint density at radius 1 is 0.282 bits per heavy atom. The van der Waals surface area contributed by atoms with Gasteiger partial charge >= 0.3 is 0 Å². The number of rotatable bonds is 19. The van der Waals surface area contributed by atoms with Gasteiger partial charge in [0, 0.05) is 0 Å². The normalized spacial score (nSPS) is 52.9. The lowest BCUT2D eigenvalue weighted by molar-refractivity contribution is -0.398. The maximum atomic E-state index is 11.6. The minimum absolute atomic E-state index is 0.0467. The van der Waals surface area contributed by atoms with Crippen LogP contribution in [0.1, 0.15) is 0 Å². The van der Waals surface area contributed by atoms with Crippen LogP contribution >= 0.6 is 0 Å². The molecule has 7 heterocycles. The Balaban J connectivity index is 1.06. The zero-order valence-electron chi connectivity index (χ0n) is 37.4. The molecule has 0 aliphatic carbocycles. The summed E-state index contributed by atoms with van der Waals surface area (Å²) < 4.78 is 72.2. The van der Waals surface area contributed by atoms with E-state index in [1.807, 2.05) is 0 Å². The van der Waals surface area contributed by atoms with E-state index in [1.165, 1.54) is 0 Å². The molecule has 7 fully saturated rings. The van der Waals surface area contributed by atoms with Crippen LogP contribution in [0.25, 0.3) is 0 Å². The first kappa shape index (κ1) is 57.4. The molecule has 19 N–H and O–H groups in total. The van der Waals surface area contributed by atoms with Crippen molar-refractivity contribution < 1.29 is 159 Å². The van der Waals surface area contributed by atoms with Crippen molar-refractivity contribution in [1.82, 2.24) is 0 Å². The Labute approximate surface area is 401 Å². The lowest BCUT2D eigenvalue weighted by Gasteiger charge is -2.50. The fraction of sp³-hybridized carbons (Fsp3) is 1.00. The van der Waals surface area contributed by atoms with E-state index in [0.29, 0.717) is 6.61 Å². The van der Waals surface area contributed by atoms with Crippen LogP contribution in [0, 0.1) is 0 Å². The molecule has 0 amide bonds. The number of aliphatic hydroxyl groups excluding tert-OH is 19. The van der Waals surface area contributed by atoms with Gasteiger partial charge in [-0.05, 0) is 0 Å². The summed E-state index contributed by atoms with van der Waals surface area (Å²) >= 11 is 0. The molecule has 31 atom stereocenters. The fourth-order valence-electron chi connectivity index (χ4n) is 8.98. The average molecular weight is 1050 g/mol. The van der Waals surface area contributed by atoms with Crippen molar-refractivity contribution in [3.63, 3.8) is 0 Å². The van der Waals surface area contributed by atoms with Crippen LogP contribution in [0.3, 0.4) is 0 Å². The first-order valence-electron chi connectivity index (χ1n) is 22.8. The van der Waals surface area contributed by atoms with Gasteiger partial charge in [0.2, 0.25) is 0 Å². The van der Waals surface area contributed by atoms with E-state index in [-0.39, 0.29) is 12.7 Å². The molecule has 7 aliphatic heterocycles. The highest BCUT2D eigenvalue weighted by Crippen LogP contribution is 2.37. The van der Waals surface area contributed by atoms with Gasteiger partial charge in [0.05, 0.1) is 52.9 Å². The van der Waals surface area contributed by atoms with E-state index in [2.05, 4.69) is 0 Å². The van der Waals surface area contributed by atoms with Crippen molar-refractivity contribution in [2.24, 2.45) is 0 Å². The topological polar surface area (TPSA) is 508 Å². The smallest absolute Gasteiger partial charge is 0.187 e. The van der Waals surface area contributed by atoms with Gasteiger partial charge in [-0.25, -0.2) is 0 Å². The predicted molar refractivity (Wildman–Crippen MR) is 213 cm³/mol. The molecule has 1 unspecified atom stereocenters. The quantitative estimate of drug-likeness (QED) is 0.0534. The molecule has 0 aromatic carbocycles. The summed E-state index contributed by atoms with van der Waals surface area (Å²) in [5.41, 5.74) is 0. The molecule has 7 aliphatic rings. The van der Waals surface area contributed by atoms with Crippen LogP contribution in [0.15, 0.2) is 0 Å². The van der Waals surface area contributed by atoms with E-state index in [1.54, 1.807) is 0 Å². The molecule has 414 valence electrons. The Hall–Kier alpha value is -1.28. The zero-order valence-corrected chi connectivity index (χ0v) is 37.4. The number of epoxide rings is 1. The van der Waals surface area contributed by atoms with Crippen LogP contribution in [-0.2, 0) is 61.6 Å². The molecule has 7 saturated heterocycles. The largest absolute Gasteiger partial charge is 0.394 e. The van der Waals surface area contributed by atoms with Crippen LogP contribution in [0.2, 0.25) is 0 Å². The summed E-state index contributed by atoms with van der Waals surface area (Å²) in [5.74, 6) is 0. The second-order valence-corrected chi connectivity index (χ2v) is 18.0. The van der Waals surface area contributed by atoms with Gasteiger partial charge < -0.3 is 159 Å². The van der Waals surface area contributed by atoms with E-state index >= 15 is 0 Å². The standard InChI is InChI=1S/C39H66O32/c40-1-10-16(46)22(52)23(53)35(62-10)67-30-18(48)12(3-42)64-37(25(30)55)69-32-20(50)14(5-44)66-39(27(32)57)71-33-21(51)15(6-45)65-38(28(33)58)70-31-19(49)13(4-43)63-36(26(31)56)68-29-17(47)11(2-41)61-34(24(29)54)60-8-9-7-59-9/h9-58H,1-8H2/t9?,10-,11-,12-,13-,14-,15-,16-,17-,18-,19-,20-,21-,22+,23-,24-,25-,26-,27-,28-,29+,30+,31+,32+,33+,34-,35+,36+,37+,38+,39+/m1/s1. The summed E-state index contributed by atoms with van der Waals surface area (Å²) in [6.07, 6.45) is -57.7. The second kappa shape index (κ2) is 24.8. The predicted octanol–water partition coefficient (Wildman–Crippen LogP) is -13.7.